The van der Waals surface area contributed by atoms with Gasteiger partial charge in [-0.15, -0.1) is 0 Å². The molecule has 3 heterocycles. The number of rotatable bonds is 8. The quantitative estimate of drug-likeness (QED) is 0.679. The van der Waals surface area contributed by atoms with Gasteiger partial charge in [-0.05, 0) is 58.2 Å². The van der Waals surface area contributed by atoms with E-state index in [1.807, 2.05) is 21.6 Å². The number of aryl methyl sites for hydroxylation is 1. The van der Waals surface area contributed by atoms with Crippen LogP contribution in [0.2, 0.25) is 5.02 Å². The summed E-state index contributed by atoms with van der Waals surface area (Å²) in [5, 5.41) is 4.77. The van der Waals surface area contributed by atoms with Crippen molar-refractivity contribution in [2.75, 3.05) is 26.8 Å². The number of methoxy groups -OCH3 is 1. The molecule has 2 aromatic rings. The maximum Gasteiger partial charge on any atom is 0.272 e. The number of nitrogens with one attached hydrogen (secondary N) is 1. The van der Waals surface area contributed by atoms with Gasteiger partial charge in [-0.2, -0.15) is 0 Å². The first-order chi connectivity index (χ1) is 13.6. The van der Waals surface area contributed by atoms with Crippen molar-refractivity contribution in [3.05, 3.63) is 29.0 Å². The fraction of sp³-hybridized carbons (Fsp3) is 0.619. The van der Waals surface area contributed by atoms with E-state index in [9.17, 15) is 4.79 Å². The number of unbranched alkanes of at least 4 members (excludes halogenated alkanes) is 1. The summed E-state index contributed by atoms with van der Waals surface area (Å²) in [5.74, 6) is -0.00144. The van der Waals surface area contributed by atoms with Crippen LogP contribution in [0.15, 0.2) is 18.3 Å². The summed E-state index contributed by atoms with van der Waals surface area (Å²) in [6.07, 6.45) is 5.67. The third-order valence-corrected chi connectivity index (χ3v) is 5.78. The van der Waals surface area contributed by atoms with Gasteiger partial charge in [0.05, 0.1) is 5.02 Å². The summed E-state index contributed by atoms with van der Waals surface area (Å²) >= 11 is 6.74. The first-order valence-electron chi connectivity index (χ1n) is 10.2. The van der Waals surface area contributed by atoms with Crippen LogP contribution >= 0.6 is 11.6 Å². The maximum absolute atomic E-state index is 13.7. The Balaban J connectivity index is 1.99. The van der Waals surface area contributed by atoms with Crippen LogP contribution in [0.4, 0.5) is 0 Å². The van der Waals surface area contributed by atoms with Crippen LogP contribution in [-0.2, 0) is 11.3 Å². The topological polar surface area (TPSA) is 59.4 Å². The summed E-state index contributed by atoms with van der Waals surface area (Å²) < 4.78 is 7.17. The van der Waals surface area contributed by atoms with E-state index >= 15 is 0 Å². The fourth-order valence-corrected chi connectivity index (χ4v) is 4.42. The molecule has 7 heteroatoms. The molecule has 0 unspecified atom stereocenters. The number of hydrogen-bond donors (Lipinski definition) is 1. The highest BCUT2D eigenvalue weighted by Crippen LogP contribution is 2.32. The predicted molar refractivity (Wildman–Crippen MR) is 113 cm³/mol. The number of fused-ring (bicyclic) bond motifs is 1. The Morgan fingerprint density at radius 3 is 2.96 bits per heavy atom. The number of ether oxygens (including phenoxy) is 1. The number of piperidine rings is 1. The Morgan fingerprint density at radius 2 is 2.29 bits per heavy atom. The Kier molecular flexibility index (Phi) is 7.32. The Bertz CT molecular complexity index is 799. The van der Waals surface area contributed by atoms with Crippen LogP contribution in [-0.4, -0.2) is 59.2 Å². The van der Waals surface area contributed by atoms with E-state index in [4.69, 9.17) is 16.3 Å². The van der Waals surface area contributed by atoms with Gasteiger partial charge in [-0.3, -0.25) is 4.79 Å². The molecule has 1 fully saturated rings. The van der Waals surface area contributed by atoms with E-state index < -0.39 is 0 Å². The number of pyridine rings is 1. The van der Waals surface area contributed by atoms with Gasteiger partial charge in [0.15, 0.2) is 0 Å². The lowest BCUT2D eigenvalue weighted by Gasteiger charge is -2.37. The predicted octanol–water partition coefficient (Wildman–Crippen LogP) is 3.72. The second kappa shape index (κ2) is 9.72. The monoisotopic (exact) mass is 406 g/mol. The van der Waals surface area contributed by atoms with Crippen molar-refractivity contribution in [2.45, 2.75) is 58.2 Å². The molecule has 0 saturated carbocycles. The normalized spacial score (nSPS) is 17.4. The summed E-state index contributed by atoms with van der Waals surface area (Å²) in [7, 11) is 1.71. The first kappa shape index (κ1) is 21.1. The second-order valence-corrected chi connectivity index (χ2v) is 8.07. The van der Waals surface area contributed by atoms with Crippen LogP contribution in [0.5, 0.6) is 0 Å². The molecule has 3 rings (SSSR count). The Morgan fingerprint density at radius 1 is 1.46 bits per heavy atom. The van der Waals surface area contributed by atoms with Gasteiger partial charge >= 0.3 is 0 Å². The zero-order valence-corrected chi connectivity index (χ0v) is 17.8. The Hall–Kier alpha value is -1.63. The molecule has 2 aromatic heterocycles. The molecule has 0 bridgehead atoms. The lowest BCUT2D eigenvalue weighted by Crippen LogP contribution is -2.52. The molecule has 1 aliphatic rings. The van der Waals surface area contributed by atoms with Crippen molar-refractivity contribution < 1.29 is 9.53 Å². The SMILES string of the molecule is COCCCCn1c(C(=O)N(C(C)C)[C@@H]2CCCNC2)c(Cl)c2cccnc21. The minimum Gasteiger partial charge on any atom is -0.385 e. The molecule has 1 amide bonds. The molecule has 154 valence electrons. The molecule has 6 nitrogen and oxygen atoms in total. The van der Waals surface area contributed by atoms with Crippen molar-refractivity contribution in [3.63, 3.8) is 0 Å². The van der Waals surface area contributed by atoms with Gasteiger partial charge in [-0.1, -0.05) is 11.6 Å². The molecule has 0 radical (unpaired) electrons. The third-order valence-electron chi connectivity index (χ3n) is 5.39. The van der Waals surface area contributed by atoms with Crippen molar-refractivity contribution in [1.29, 1.82) is 0 Å². The van der Waals surface area contributed by atoms with Crippen LogP contribution < -0.4 is 5.32 Å². The Labute approximate surface area is 172 Å². The highest BCUT2D eigenvalue weighted by atomic mass is 35.5. The van der Waals surface area contributed by atoms with Crippen molar-refractivity contribution in [1.82, 2.24) is 19.8 Å². The smallest absolute Gasteiger partial charge is 0.272 e. The van der Waals surface area contributed by atoms with E-state index in [2.05, 4.69) is 24.1 Å². The molecule has 0 aliphatic carbocycles. The van der Waals surface area contributed by atoms with Gasteiger partial charge < -0.3 is 19.5 Å². The summed E-state index contributed by atoms with van der Waals surface area (Å²) in [5.41, 5.74) is 1.34. The minimum atomic E-state index is -0.00144. The molecule has 1 atom stereocenters. The minimum absolute atomic E-state index is 0.00144. The van der Waals surface area contributed by atoms with Crippen molar-refractivity contribution in [3.8, 4) is 0 Å². The van der Waals surface area contributed by atoms with Gasteiger partial charge in [-0.25, -0.2) is 4.98 Å². The van der Waals surface area contributed by atoms with E-state index in [-0.39, 0.29) is 18.0 Å². The number of amides is 1. The van der Waals surface area contributed by atoms with Gasteiger partial charge in [0.25, 0.3) is 5.91 Å². The second-order valence-electron chi connectivity index (χ2n) is 7.70. The standard InChI is InChI=1S/C21H31ClN4O2/c1-15(2)26(16-8-6-10-23-14-16)21(27)19-18(22)17-9-7-11-24-20(17)25(19)12-4-5-13-28-3/h7,9,11,15-16,23H,4-6,8,10,12-14H2,1-3H3/t16-/m1/s1. The van der Waals surface area contributed by atoms with Gasteiger partial charge in [0, 0.05) is 50.5 Å². The zero-order valence-electron chi connectivity index (χ0n) is 17.1. The number of nitrogens with zero attached hydrogens (tertiary/aromatic N) is 3. The highest BCUT2D eigenvalue weighted by molar-refractivity contribution is 6.38. The average Bonchev–Trinajstić information content (AvgIpc) is 2.98. The number of carbonyl (C=O) groups excluding carboxylic acids is 1. The molecular formula is C21H31ClN4O2. The van der Waals surface area contributed by atoms with Crippen molar-refractivity contribution in [2.24, 2.45) is 0 Å². The van der Waals surface area contributed by atoms with E-state index in [1.54, 1.807) is 13.3 Å². The number of aromatic nitrogens is 2. The van der Waals surface area contributed by atoms with Crippen LogP contribution in [0, 0.1) is 0 Å². The lowest BCUT2D eigenvalue weighted by atomic mass is 10.0. The molecule has 28 heavy (non-hydrogen) atoms. The first-order valence-corrected chi connectivity index (χ1v) is 10.6. The number of hydrogen-bond acceptors (Lipinski definition) is 4. The average molecular weight is 407 g/mol. The van der Waals surface area contributed by atoms with Crippen LogP contribution in [0.1, 0.15) is 50.0 Å². The molecule has 1 saturated heterocycles. The fourth-order valence-electron chi connectivity index (χ4n) is 4.09. The molecule has 1 N–H and O–H groups in total. The van der Waals surface area contributed by atoms with E-state index in [0.717, 1.165) is 49.8 Å². The highest BCUT2D eigenvalue weighted by Gasteiger charge is 2.32. The maximum atomic E-state index is 13.7. The van der Waals surface area contributed by atoms with Gasteiger partial charge in [0.2, 0.25) is 0 Å². The molecule has 0 spiro atoms. The number of carbonyl (C=O) groups is 1. The van der Waals surface area contributed by atoms with Crippen LogP contribution in [0.25, 0.3) is 11.0 Å². The van der Waals surface area contributed by atoms with E-state index in [0.29, 0.717) is 23.9 Å². The lowest BCUT2D eigenvalue weighted by molar-refractivity contribution is 0.0562. The molecule has 0 aromatic carbocycles. The third kappa shape index (κ3) is 4.34. The number of halogens is 1. The molecule has 1 aliphatic heterocycles. The van der Waals surface area contributed by atoms with E-state index in [1.165, 1.54) is 0 Å². The van der Waals surface area contributed by atoms with Crippen LogP contribution in [0.3, 0.4) is 0 Å². The summed E-state index contributed by atoms with van der Waals surface area (Å²) in [4.78, 5) is 20.2. The summed E-state index contributed by atoms with van der Waals surface area (Å²) in [6, 6.07) is 4.09. The summed E-state index contributed by atoms with van der Waals surface area (Å²) in [6.45, 7) is 7.39. The zero-order chi connectivity index (χ0) is 20.1. The largest absolute Gasteiger partial charge is 0.385 e. The molecular weight excluding hydrogens is 376 g/mol. The van der Waals surface area contributed by atoms with Gasteiger partial charge in [0.1, 0.15) is 11.3 Å². The van der Waals surface area contributed by atoms with Crippen molar-refractivity contribution >= 4 is 28.5 Å².